The summed E-state index contributed by atoms with van der Waals surface area (Å²) in [7, 11) is 1.95. The summed E-state index contributed by atoms with van der Waals surface area (Å²) in [5.41, 5.74) is 3.12. The van der Waals surface area contributed by atoms with Gasteiger partial charge in [0.25, 0.3) is 0 Å². The van der Waals surface area contributed by atoms with Gasteiger partial charge in [0.15, 0.2) is 0 Å². The molecule has 2 aromatic rings. The van der Waals surface area contributed by atoms with E-state index in [9.17, 15) is 5.11 Å². The number of hydrogen-bond donors (Lipinski definition) is 1. The molecule has 0 fully saturated rings. The van der Waals surface area contributed by atoms with Crippen LogP contribution in [-0.2, 0) is 12.5 Å². The molecule has 0 aliphatic rings. The van der Waals surface area contributed by atoms with Crippen LogP contribution in [0.25, 0.3) is 10.9 Å². The van der Waals surface area contributed by atoms with E-state index in [0.717, 1.165) is 16.8 Å². The highest BCUT2D eigenvalue weighted by molar-refractivity contribution is 5.82. The van der Waals surface area contributed by atoms with E-state index in [1.165, 1.54) is 5.39 Å². The van der Waals surface area contributed by atoms with E-state index in [2.05, 4.69) is 23.3 Å². The molecule has 2 rings (SSSR count). The highest BCUT2D eigenvalue weighted by Crippen LogP contribution is 2.27. The molecule has 0 bridgehead atoms. The molecule has 0 aliphatic heterocycles. The number of aliphatic hydroxyl groups excluding tert-OH is 1. The van der Waals surface area contributed by atoms with Gasteiger partial charge in [0, 0.05) is 17.8 Å². The van der Waals surface area contributed by atoms with Gasteiger partial charge in [-0.2, -0.15) is 5.10 Å². The van der Waals surface area contributed by atoms with Crippen LogP contribution in [0.4, 0.5) is 0 Å². The van der Waals surface area contributed by atoms with Crippen molar-refractivity contribution in [3.8, 4) is 0 Å². The van der Waals surface area contributed by atoms with Gasteiger partial charge in [0.05, 0.1) is 17.8 Å². The van der Waals surface area contributed by atoms with Crippen LogP contribution in [0.15, 0.2) is 18.2 Å². The van der Waals surface area contributed by atoms with Crippen molar-refractivity contribution in [3.63, 3.8) is 0 Å². The summed E-state index contributed by atoms with van der Waals surface area (Å²) in [6.45, 7) is 6.25. The molecule has 0 saturated carbocycles. The fourth-order valence-corrected chi connectivity index (χ4v) is 1.95. The van der Waals surface area contributed by atoms with Crippen molar-refractivity contribution < 1.29 is 5.11 Å². The van der Waals surface area contributed by atoms with Crippen molar-refractivity contribution in [1.82, 2.24) is 9.78 Å². The topological polar surface area (TPSA) is 38.0 Å². The Labute approximate surface area is 95.7 Å². The van der Waals surface area contributed by atoms with E-state index >= 15 is 0 Å². The zero-order valence-corrected chi connectivity index (χ0v) is 10.3. The van der Waals surface area contributed by atoms with E-state index in [4.69, 9.17) is 0 Å². The van der Waals surface area contributed by atoms with Gasteiger partial charge in [-0.25, -0.2) is 0 Å². The Bertz CT molecular complexity index is 526. The minimum Gasteiger partial charge on any atom is -0.395 e. The van der Waals surface area contributed by atoms with Crippen molar-refractivity contribution in [2.45, 2.75) is 26.2 Å². The fraction of sp³-hybridized carbons (Fsp3) is 0.462. The van der Waals surface area contributed by atoms with Crippen LogP contribution in [-0.4, -0.2) is 21.5 Å². The monoisotopic (exact) mass is 218 g/mol. The van der Waals surface area contributed by atoms with Gasteiger partial charge in [-0.05, 0) is 24.6 Å². The average molecular weight is 218 g/mol. The van der Waals surface area contributed by atoms with Crippen LogP contribution in [0.1, 0.15) is 25.1 Å². The first-order chi connectivity index (χ1) is 7.45. The number of aryl methyl sites for hydroxylation is 2. The summed E-state index contributed by atoms with van der Waals surface area (Å²) < 4.78 is 1.89. The maximum atomic E-state index is 9.37. The molecule has 3 heteroatoms. The van der Waals surface area contributed by atoms with Crippen LogP contribution in [0, 0.1) is 6.92 Å². The third kappa shape index (κ3) is 1.61. The summed E-state index contributed by atoms with van der Waals surface area (Å²) in [6.07, 6.45) is 0. The molecule has 1 aromatic carbocycles. The standard InChI is InChI=1S/C13H18N2O/c1-9-11-7-10(13(2,3)8-16)5-6-12(11)15(4)14-9/h5-7,16H,8H2,1-4H3. The second-order valence-electron chi connectivity index (χ2n) is 4.98. The predicted octanol–water partition coefficient (Wildman–Crippen LogP) is 2.15. The fourth-order valence-electron chi connectivity index (χ4n) is 1.95. The van der Waals surface area contributed by atoms with Crippen molar-refractivity contribution >= 4 is 10.9 Å². The number of aromatic nitrogens is 2. The third-order valence-corrected chi connectivity index (χ3v) is 3.21. The van der Waals surface area contributed by atoms with E-state index in [0.29, 0.717) is 0 Å². The first-order valence-electron chi connectivity index (χ1n) is 5.50. The summed E-state index contributed by atoms with van der Waals surface area (Å²) >= 11 is 0. The third-order valence-electron chi connectivity index (χ3n) is 3.21. The van der Waals surface area contributed by atoms with Gasteiger partial charge in [-0.15, -0.1) is 0 Å². The van der Waals surface area contributed by atoms with Crippen LogP contribution in [0.5, 0.6) is 0 Å². The lowest BCUT2D eigenvalue weighted by molar-refractivity contribution is 0.218. The Morgan fingerprint density at radius 1 is 1.38 bits per heavy atom. The van der Waals surface area contributed by atoms with Crippen LogP contribution in [0.3, 0.4) is 0 Å². The van der Waals surface area contributed by atoms with Crippen LogP contribution >= 0.6 is 0 Å². The van der Waals surface area contributed by atoms with Gasteiger partial charge in [0.1, 0.15) is 0 Å². The minimum absolute atomic E-state index is 0.151. The summed E-state index contributed by atoms with van der Waals surface area (Å²) in [4.78, 5) is 0. The molecule has 0 amide bonds. The number of hydrogen-bond acceptors (Lipinski definition) is 2. The van der Waals surface area contributed by atoms with Crippen molar-refractivity contribution in [3.05, 3.63) is 29.5 Å². The Morgan fingerprint density at radius 2 is 2.06 bits per heavy atom. The van der Waals surface area contributed by atoms with Crippen molar-refractivity contribution in [1.29, 1.82) is 0 Å². The molecular formula is C13H18N2O. The first kappa shape index (κ1) is 11.1. The zero-order chi connectivity index (χ0) is 11.9. The zero-order valence-electron chi connectivity index (χ0n) is 10.3. The van der Waals surface area contributed by atoms with Crippen molar-refractivity contribution in [2.75, 3.05) is 6.61 Å². The lowest BCUT2D eigenvalue weighted by Crippen LogP contribution is -2.21. The van der Waals surface area contributed by atoms with Gasteiger partial charge in [-0.3, -0.25) is 4.68 Å². The lowest BCUT2D eigenvalue weighted by Gasteiger charge is -2.22. The molecule has 86 valence electrons. The molecule has 0 atom stereocenters. The molecule has 1 N–H and O–H groups in total. The summed E-state index contributed by atoms with van der Waals surface area (Å²) in [5, 5.41) is 14.9. The average Bonchev–Trinajstić information content (AvgIpc) is 2.54. The van der Waals surface area contributed by atoms with Gasteiger partial charge in [-0.1, -0.05) is 19.9 Å². The Kier molecular flexibility index (Phi) is 2.50. The second kappa shape index (κ2) is 3.59. The second-order valence-corrected chi connectivity index (χ2v) is 4.98. The highest BCUT2D eigenvalue weighted by Gasteiger charge is 2.20. The van der Waals surface area contributed by atoms with Gasteiger partial charge < -0.3 is 5.11 Å². The quantitative estimate of drug-likeness (QED) is 0.838. The van der Waals surface area contributed by atoms with Crippen LogP contribution in [0.2, 0.25) is 0 Å². The molecule has 16 heavy (non-hydrogen) atoms. The summed E-state index contributed by atoms with van der Waals surface area (Å²) in [6, 6.07) is 6.27. The smallest absolute Gasteiger partial charge is 0.0682 e. The number of fused-ring (bicyclic) bond motifs is 1. The number of benzene rings is 1. The molecule has 0 radical (unpaired) electrons. The SMILES string of the molecule is Cc1nn(C)c2ccc(C(C)(C)CO)cc12. The molecule has 1 heterocycles. The largest absolute Gasteiger partial charge is 0.395 e. The maximum Gasteiger partial charge on any atom is 0.0682 e. The predicted molar refractivity (Wildman–Crippen MR) is 65.6 cm³/mol. The van der Waals surface area contributed by atoms with Crippen molar-refractivity contribution in [2.24, 2.45) is 7.05 Å². The highest BCUT2D eigenvalue weighted by atomic mass is 16.3. The van der Waals surface area contributed by atoms with E-state index < -0.39 is 0 Å². The molecule has 1 aromatic heterocycles. The number of aliphatic hydroxyl groups is 1. The van der Waals surface area contributed by atoms with E-state index in [1.807, 2.05) is 32.5 Å². The van der Waals surface area contributed by atoms with Crippen LogP contribution < -0.4 is 0 Å². The molecule has 3 nitrogen and oxygen atoms in total. The Balaban J connectivity index is 2.64. The minimum atomic E-state index is -0.198. The first-order valence-corrected chi connectivity index (χ1v) is 5.50. The molecule has 0 aliphatic carbocycles. The Hall–Kier alpha value is -1.35. The summed E-state index contributed by atoms with van der Waals surface area (Å²) in [5.74, 6) is 0. The van der Waals surface area contributed by atoms with E-state index in [1.54, 1.807) is 0 Å². The maximum absolute atomic E-state index is 9.37. The Morgan fingerprint density at radius 3 is 2.69 bits per heavy atom. The number of nitrogens with zero attached hydrogens (tertiary/aromatic N) is 2. The molecule has 0 unspecified atom stereocenters. The van der Waals surface area contributed by atoms with Gasteiger partial charge >= 0.3 is 0 Å². The van der Waals surface area contributed by atoms with Gasteiger partial charge in [0.2, 0.25) is 0 Å². The molecular weight excluding hydrogens is 200 g/mol. The molecule has 0 spiro atoms. The lowest BCUT2D eigenvalue weighted by atomic mass is 9.85. The normalized spacial score (nSPS) is 12.3. The number of rotatable bonds is 2. The molecule has 0 saturated heterocycles. The van der Waals surface area contributed by atoms with E-state index in [-0.39, 0.29) is 12.0 Å².